The number of esters is 1. The molecule has 4 atom stereocenters. The van der Waals surface area contributed by atoms with E-state index in [0.717, 1.165) is 0 Å². The van der Waals surface area contributed by atoms with Crippen molar-refractivity contribution in [2.45, 2.75) is 98.2 Å². The van der Waals surface area contributed by atoms with Gasteiger partial charge in [-0.1, -0.05) is 41.0 Å². The molecule has 2 saturated heterocycles. The number of ether oxygens (including phenoxy) is 2. The van der Waals surface area contributed by atoms with Gasteiger partial charge >= 0.3 is 12.1 Å². The Morgan fingerprint density at radius 3 is 2.20 bits per heavy atom. The minimum absolute atomic E-state index is 0.122. The van der Waals surface area contributed by atoms with Gasteiger partial charge in [0.25, 0.3) is 5.91 Å². The van der Waals surface area contributed by atoms with Gasteiger partial charge in [-0.2, -0.15) is 0 Å². The second-order valence-corrected chi connectivity index (χ2v) is 12.4. The summed E-state index contributed by atoms with van der Waals surface area (Å²) in [5.41, 5.74) is 0. The molecule has 0 bridgehead atoms. The van der Waals surface area contributed by atoms with E-state index in [0.29, 0.717) is 45.2 Å². The number of nitrogens with one attached hydrogen (secondary N) is 3. The zero-order chi connectivity index (χ0) is 33.7. The molecule has 0 aromatic rings. The number of likely N-dealkylation sites (tertiary alicyclic amines) is 2. The molecule has 14 heteroatoms. The molecule has 0 radical (unpaired) electrons. The fourth-order valence-electron chi connectivity index (χ4n) is 5.40. The van der Waals surface area contributed by atoms with Crippen LogP contribution in [0, 0.1) is 17.8 Å². The van der Waals surface area contributed by atoms with Crippen LogP contribution in [0.4, 0.5) is 4.79 Å². The molecule has 3 N–H and O–H groups in total. The molecule has 2 fully saturated rings. The van der Waals surface area contributed by atoms with E-state index in [2.05, 4.69) is 16.0 Å². The fourth-order valence-corrected chi connectivity index (χ4v) is 5.40. The van der Waals surface area contributed by atoms with Crippen LogP contribution in [0.5, 0.6) is 0 Å². The van der Waals surface area contributed by atoms with Crippen LogP contribution >= 0.6 is 0 Å². The molecule has 0 aromatic carbocycles. The van der Waals surface area contributed by atoms with Crippen molar-refractivity contribution in [3.05, 3.63) is 0 Å². The molecule has 2 unspecified atom stereocenters. The van der Waals surface area contributed by atoms with Crippen LogP contribution in [0.3, 0.4) is 0 Å². The number of hydrogen-bond acceptors (Lipinski definition) is 9. The first-order chi connectivity index (χ1) is 21.3. The number of Topliss-reactive ketones (excluding diaryl/α,β-unsaturated/α-hetero) is 1. The highest BCUT2D eigenvalue weighted by atomic mass is 16.5. The van der Waals surface area contributed by atoms with Gasteiger partial charge in [0, 0.05) is 19.6 Å². The lowest BCUT2D eigenvalue weighted by molar-refractivity contribution is -0.151. The Morgan fingerprint density at radius 2 is 1.58 bits per heavy atom. The number of piperidine rings is 1. The third-order valence-electron chi connectivity index (χ3n) is 7.82. The second kappa shape index (κ2) is 18.3. The maximum Gasteiger partial charge on any atom is 0.407 e. The Kier molecular flexibility index (Phi) is 15.2. The van der Waals surface area contributed by atoms with Gasteiger partial charge in [0.15, 0.2) is 0 Å². The number of amides is 5. The Bertz CT molecular complexity index is 1080. The van der Waals surface area contributed by atoms with Crippen LogP contribution in [-0.4, -0.2) is 109 Å². The summed E-state index contributed by atoms with van der Waals surface area (Å²) in [4.78, 5) is 92.7. The van der Waals surface area contributed by atoms with Crippen molar-refractivity contribution in [3.8, 4) is 0 Å². The van der Waals surface area contributed by atoms with Gasteiger partial charge in [0.1, 0.15) is 12.1 Å². The average molecular weight is 638 g/mol. The molecular weight excluding hydrogens is 586 g/mol. The molecule has 45 heavy (non-hydrogen) atoms. The van der Waals surface area contributed by atoms with E-state index in [4.69, 9.17) is 9.47 Å². The first kappa shape index (κ1) is 37.5. The molecule has 2 rings (SSSR count). The molecule has 0 saturated carbocycles. The van der Waals surface area contributed by atoms with Crippen molar-refractivity contribution in [1.82, 2.24) is 25.8 Å². The molecular formula is C31H51N5O9. The molecule has 0 aliphatic carbocycles. The summed E-state index contributed by atoms with van der Waals surface area (Å²) in [5.74, 6) is -4.29. The summed E-state index contributed by atoms with van der Waals surface area (Å²) in [5, 5.41) is 7.62. The smallest absolute Gasteiger partial charge is 0.407 e. The maximum atomic E-state index is 13.5. The summed E-state index contributed by atoms with van der Waals surface area (Å²) in [7, 11) is 0. The third kappa shape index (κ3) is 11.3. The first-order valence-electron chi connectivity index (χ1n) is 16.1. The third-order valence-corrected chi connectivity index (χ3v) is 7.82. The lowest BCUT2D eigenvalue weighted by Gasteiger charge is -2.31. The van der Waals surface area contributed by atoms with Crippen molar-refractivity contribution in [2.75, 3.05) is 39.4 Å². The highest BCUT2D eigenvalue weighted by molar-refractivity contribution is 6.38. The molecule has 14 nitrogen and oxygen atoms in total. The van der Waals surface area contributed by atoms with E-state index < -0.39 is 66.1 Å². The van der Waals surface area contributed by atoms with Crippen LogP contribution in [-0.2, 0) is 38.2 Å². The standard InChI is InChI=1S/C31H51N5O9/c1-7-11-22(26(38)28(40)32-16-24(37)35-14-9-12-21(17-35)30(42)44-8-2)33-27(39)23-13-10-15-36(23)29(41)25(20(5)6)34-31(43)45-18-19(3)4/h19-23,25H,7-18H2,1-6H3,(H,32,40)(H,33,39)(H,34,43)/t21?,22?,23-,25-/m0/s1. The number of rotatable bonds is 15. The maximum absolute atomic E-state index is 13.5. The number of alkyl carbamates (subject to hydrolysis) is 1. The van der Waals surface area contributed by atoms with Crippen molar-refractivity contribution in [1.29, 1.82) is 0 Å². The highest BCUT2D eigenvalue weighted by Crippen LogP contribution is 2.21. The lowest BCUT2D eigenvalue weighted by atomic mass is 9.98. The van der Waals surface area contributed by atoms with Gasteiger partial charge in [0.05, 0.1) is 31.7 Å². The number of carbonyl (C=O) groups excluding carboxylic acids is 7. The van der Waals surface area contributed by atoms with Crippen molar-refractivity contribution >= 4 is 41.5 Å². The van der Waals surface area contributed by atoms with Gasteiger partial charge in [0.2, 0.25) is 23.5 Å². The summed E-state index contributed by atoms with van der Waals surface area (Å²) in [6, 6.07) is -2.94. The Balaban J connectivity index is 1.99. The molecule has 254 valence electrons. The van der Waals surface area contributed by atoms with Crippen LogP contribution in [0.15, 0.2) is 0 Å². The predicted octanol–water partition coefficient (Wildman–Crippen LogP) is 1.16. The molecule has 5 amide bonds. The predicted molar refractivity (Wildman–Crippen MR) is 163 cm³/mol. The highest BCUT2D eigenvalue weighted by Gasteiger charge is 2.40. The fraction of sp³-hybridized carbons (Fsp3) is 0.774. The minimum atomic E-state index is -1.15. The van der Waals surface area contributed by atoms with Crippen LogP contribution < -0.4 is 16.0 Å². The van der Waals surface area contributed by atoms with Gasteiger partial charge in [-0.05, 0) is 50.9 Å². The molecule has 2 aliphatic rings. The average Bonchev–Trinajstić information content (AvgIpc) is 3.50. The molecule has 2 heterocycles. The zero-order valence-electron chi connectivity index (χ0n) is 27.5. The number of carbonyl (C=O) groups is 7. The second-order valence-electron chi connectivity index (χ2n) is 12.4. The van der Waals surface area contributed by atoms with E-state index in [1.54, 1.807) is 27.7 Å². The summed E-state index contributed by atoms with van der Waals surface area (Å²) < 4.78 is 10.2. The van der Waals surface area contributed by atoms with Crippen molar-refractivity contribution < 1.29 is 43.0 Å². The van der Waals surface area contributed by atoms with E-state index in [1.165, 1.54) is 9.80 Å². The van der Waals surface area contributed by atoms with E-state index in [1.807, 2.05) is 13.8 Å². The van der Waals surface area contributed by atoms with Crippen LogP contribution in [0.2, 0.25) is 0 Å². The number of nitrogens with zero attached hydrogens (tertiary/aromatic N) is 2. The first-order valence-corrected chi connectivity index (χ1v) is 16.1. The zero-order valence-corrected chi connectivity index (χ0v) is 27.5. The quantitative estimate of drug-likeness (QED) is 0.175. The lowest BCUT2D eigenvalue weighted by Crippen LogP contribution is -2.57. The largest absolute Gasteiger partial charge is 0.466 e. The summed E-state index contributed by atoms with van der Waals surface area (Å²) in [6.07, 6.45) is 2.08. The molecule has 0 spiro atoms. The Hall–Kier alpha value is -3.71. The van der Waals surface area contributed by atoms with Crippen LogP contribution in [0.25, 0.3) is 0 Å². The van der Waals surface area contributed by atoms with Gasteiger partial charge < -0.3 is 35.2 Å². The van der Waals surface area contributed by atoms with Crippen molar-refractivity contribution in [2.24, 2.45) is 17.8 Å². The molecule has 0 aromatic heterocycles. The topological polar surface area (TPSA) is 181 Å². The number of hydrogen-bond donors (Lipinski definition) is 3. The SMILES string of the molecule is CCCC(NC(=O)[C@@H]1CCCN1C(=O)[C@@H](NC(=O)OCC(C)C)C(C)C)C(=O)C(=O)NCC(=O)N1CCCC(C(=O)OCC)C1. The van der Waals surface area contributed by atoms with Gasteiger partial charge in [-0.3, -0.25) is 28.8 Å². The monoisotopic (exact) mass is 637 g/mol. The van der Waals surface area contributed by atoms with Gasteiger partial charge in [-0.25, -0.2) is 4.79 Å². The van der Waals surface area contributed by atoms with E-state index in [9.17, 15) is 33.6 Å². The van der Waals surface area contributed by atoms with Crippen molar-refractivity contribution in [3.63, 3.8) is 0 Å². The summed E-state index contributed by atoms with van der Waals surface area (Å²) >= 11 is 0. The Morgan fingerprint density at radius 1 is 0.889 bits per heavy atom. The molecule has 2 aliphatic heterocycles. The normalized spacial score (nSPS) is 19.5. The van der Waals surface area contributed by atoms with E-state index >= 15 is 0 Å². The van der Waals surface area contributed by atoms with E-state index in [-0.39, 0.29) is 44.0 Å². The Labute approximate surface area is 265 Å². The van der Waals surface area contributed by atoms with Crippen LogP contribution in [0.1, 0.15) is 80.1 Å². The minimum Gasteiger partial charge on any atom is -0.466 e. The number of ketones is 1. The summed E-state index contributed by atoms with van der Waals surface area (Å²) in [6.45, 7) is 11.8. The van der Waals surface area contributed by atoms with Gasteiger partial charge in [-0.15, -0.1) is 0 Å².